The molecular formula is C81H160O23Si5. The Labute approximate surface area is 667 Å². The average molecular weight is 1640 g/mol. The number of ether oxygens (including phenoxy) is 10. The van der Waals surface area contributed by atoms with Gasteiger partial charge in [0.25, 0.3) is 0 Å². The van der Waals surface area contributed by atoms with Crippen LogP contribution < -0.4 is 0 Å². The Morgan fingerprint density at radius 2 is 0.532 bits per heavy atom. The third kappa shape index (κ3) is 38.8. The van der Waals surface area contributed by atoms with Crippen LogP contribution in [0.1, 0.15) is 242 Å². The minimum Gasteiger partial charge on any atom is -0.420 e. The zero-order valence-electron chi connectivity index (χ0n) is 71.0. The molecule has 0 spiro atoms. The summed E-state index contributed by atoms with van der Waals surface area (Å²) in [4.78, 5) is 0. The smallest absolute Gasteiger partial charge is 0.420 e. The first-order chi connectivity index (χ1) is 53.2. The minimum atomic E-state index is -2.54. The number of hydrogen-bond acceptors (Lipinski definition) is 23. The van der Waals surface area contributed by atoms with E-state index >= 15 is 0 Å². The van der Waals surface area contributed by atoms with Crippen molar-refractivity contribution in [2.45, 2.75) is 352 Å². The molecule has 7 saturated heterocycles. The highest BCUT2D eigenvalue weighted by molar-refractivity contribution is 6.73. The summed E-state index contributed by atoms with van der Waals surface area (Å²) in [5.74, 6) is 3.04. The average Bonchev–Trinajstić information content (AvgIpc) is 1.67. The van der Waals surface area contributed by atoms with Gasteiger partial charge in [0.15, 0.2) is 8.32 Å². The second-order valence-corrected chi connectivity index (χ2v) is 47.9. The van der Waals surface area contributed by atoms with E-state index < -0.39 is 43.5 Å². The summed E-state index contributed by atoms with van der Waals surface area (Å²) in [6.45, 7) is 32.8. The molecule has 11 fully saturated rings. The molecule has 0 amide bonds. The largest absolute Gasteiger partial charge is 0.500 e. The van der Waals surface area contributed by atoms with E-state index in [4.69, 9.17) is 105 Å². The SMILES string of the molecule is CCCCO[Si](CCC1CCC2OC2C1)(OCCCC)OCCCC.CCCO[Si](CCC1CCC2OC2C1)(OCCC)OCCC.CCO[Si](CCC1CCC2OC2C1)(OCC)OCC.CO[Si](CCC1CCC2OC2C1)(OC)OC.CO[Si](CCCOCC1CO1)(CCCOCC1CO1)CCCOCC1CO1. The fraction of sp³-hybridized carbons (Fsp3) is 1.00. The fourth-order valence-electron chi connectivity index (χ4n) is 16.0. The van der Waals surface area contributed by atoms with Crippen LogP contribution in [-0.2, 0) is 105 Å². The molecule has 642 valence electrons. The quantitative estimate of drug-likeness (QED) is 0.0313. The number of rotatable bonds is 61. The summed E-state index contributed by atoms with van der Waals surface area (Å²) in [5, 5.41) is 0. The molecule has 0 bridgehead atoms. The number of unbranched alkanes of at least 4 members (excludes halogenated alkanes) is 3. The van der Waals surface area contributed by atoms with Crippen molar-refractivity contribution in [2.75, 3.05) is 147 Å². The first-order valence-corrected chi connectivity index (χ1v) is 54.6. The minimum absolute atomic E-state index is 0.342. The summed E-state index contributed by atoms with van der Waals surface area (Å²) in [5.41, 5.74) is 0. The first-order valence-electron chi connectivity index (χ1n) is 44.4. The van der Waals surface area contributed by atoms with Crippen LogP contribution >= 0.6 is 0 Å². The molecule has 7 aliphatic heterocycles. The molecule has 15 unspecified atom stereocenters. The Morgan fingerprint density at radius 1 is 0.266 bits per heavy atom. The van der Waals surface area contributed by atoms with Crippen LogP contribution in [0, 0.1) is 23.7 Å². The molecule has 15 atom stereocenters. The van der Waals surface area contributed by atoms with Gasteiger partial charge < -0.3 is 105 Å². The van der Waals surface area contributed by atoms with E-state index in [1.165, 1.54) is 83.5 Å². The lowest BCUT2D eigenvalue weighted by Crippen LogP contribution is -2.47. The Bertz CT molecular complexity index is 2140. The second-order valence-electron chi connectivity index (χ2n) is 32.3. The standard InChI is InChI=1S/C20H40O4Si.C19H36O7Si.C17H34O4Si.C14H28O4Si.C11H22O4Si/c1-4-7-13-21-25(22-14-8-5-2,23-15-9-6-3)16-12-18-10-11-19-20(17-18)24-19;1-20-27(8-2-5-21-11-17-14-24-17,9-3-6-22-12-18-15-25-18)10-4-7-23-13-19-16-26-19;1-4-10-18-22(19-11-5-2,20-12-6-3)13-9-15-7-8-16-17(14-15)21-16;1-4-15-19(16-5-2,17-6-3)10-9-12-7-8-13-14(11-12)18-13;1-12-16(13-2,14-3)7-6-9-4-5-10-11(8-9)15-10/h18-20H,4-17H2,1-3H3;17-19H,2-16H2,1H3;15-17H,4-14H2,1-3H3;12-14H,4-11H2,1-3H3;9-11H,4-8H2,1-3H3. The van der Waals surface area contributed by atoms with Crippen molar-refractivity contribution in [3.05, 3.63) is 0 Å². The van der Waals surface area contributed by atoms with Crippen molar-refractivity contribution in [3.8, 4) is 0 Å². The van der Waals surface area contributed by atoms with Gasteiger partial charge in [0, 0.05) is 132 Å². The van der Waals surface area contributed by atoms with Gasteiger partial charge in [0.1, 0.15) is 18.3 Å². The highest BCUT2D eigenvalue weighted by atomic mass is 28.4. The molecule has 0 radical (unpaired) electrons. The molecule has 4 saturated carbocycles. The summed E-state index contributed by atoms with van der Waals surface area (Å²) in [6, 6.07) is 7.20. The molecule has 0 aromatic rings. The van der Waals surface area contributed by atoms with E-state index in [-0.39, 0.29) is 0 Å². The maximum atomic E-state index is 6.35. The molecular weight excluding hydrogens is 1480 g/mol. The second kappa shape index (κ2) is 54.4. The van der Waals surface area contributed by atoms with Crippen LogP contribution in [-0.4, -0.2) is 258 Å². The Hall–Kier alpha value is 0.164. The van der Waals surface area contributed by atoms with E-state index in [1.807, 2.05) is 27.9 Å². The van der Waals surface area contributed by atoms with Gasteiger partial charge >= 0.3 is 35.2 Å². The molecule has 0 aromatic heterocycles. The highest BCUT2D eigenvalue weighted by Gasteiger charge is 2.51. The molecule has 23 nitrogen and oxygen atoms in total. The lowest BCUT2D eigenvalue weighted by atomic mass is 9.88. The zero-order valence-corrected chi connectivity index (χ0v) is 76.0. The van der Waals surface area contributed by atoms with Gasteiger partial charge in [-0.15, -0.1) is 0 Å². The molecule has 7 heterocycles. The predicted molar refractivity (Wildman–Crippen MR) is 435 cm³/mol. The lowest BCUT2D eigenvalue weighted by molar-refractivity contribution is 0.0541. The lowest BCUT2D eigenvalue weighted by Gasteiger charge is -2.31. The molecule has 11 rings (SSSR count). The van der Waals surface area contributed by atoms with Gasteiger partial charge in [-0.05, 0) is 223 Å². The van der Waals surface area contributed by atoms with E-state index in [1.54, 1.807) is 21.3 Å². The van der Waals surface area contributed by atoms with E-state index in [0.29, 0.717) is 87.0 Å². The monoisotopic (exact) mass is 1640 g/mol. The van der Waals surface area contributed by atoms with Crippen LogP contribution in [0.5, 0.6) is 0 Å². The van der Waals surface area contributed by atoms with E-state index in [9.17, 15) is 0 Å². The molecule has 0 aromatic carbocycles. The van der Waals surface area contributed by atoms with Gasteiger partial charge in [-0.1, -0.05) is 60.8 Å². The normalized spacial score (nSPS) is 28.7. The highest BCUT2D eigenvalue weighted by Crippen LogP contribution is 2.46. The van der Waals surface area contributed by atoms with E-state index in [0.717, 1.165) is 261 Å². The molecule has 11 aliphatic rings. The summed E-state index contributed by atoms with van der Waals surface area (Å²) in [6.07, 6.45) is 38.1. The Kier molecular flexibility index (Phi) is 48.0. The number of epoxide rings is 7. The summed E-state index contributed by atoms with van der Waals surface area (Å²) >= 11 is 0. The number of hydrogen-bond donors (Lipinski definition) is 0. The van der Waals surface area contributed by atoms with Crippen LogP contribution in [0.15, 0.2) is 0 Å². The van der Waals surface area contributed by atoms with Gasteiger partial charge in [0.05, 0.1) is 88.5 Å². The Balaban J connectivity index is 0.000000192. The topological polar surface area (TPSA) is 235 Å². The van der Waals surface area contributed by atoms with Crippen molar-refractivity contribution in [3.63, 3.8) is 0 Å². The predicted octanol–water partition coefficient (Wildman–Crippen LogP) is 16.3. The van der Waals surface area contributed by atoms with Crippen molar-refractivity contribution in [1.29, 1.82) is 0 Å². The van der Waals surface area contributed by atoms with Crippen molar-refractivity contribution in [1.82, 2.24) is 0 Å². The van der Waals surface area contributed by atoms with Crippen molar-refractivity contribution < 1.29 is 105 Å². The molecule has 4 aliphatic carbocycles. The summed E-state index contributed by atoms with van der Waals surface area (Å²) in [7, 11) is -4.67. The van der Waals surface area contributed by atoms with Crippen molar-refractivity contribution in [2.24, 2.45) is 23.7 Å². The van der Waals surface area contributed by atoms with Gasteiger partial charge in [-0.25, -0.2) is 0 Å². The van der Waals surface area contributed by atoms with Crippen LogP contribution in [0.3, 0.4) is 0 Å². The summed E-state index contributed by atoms with van der Waals surface area (Å²) < 4.78 is 133. The van der Waals surface area contributed by atoms with E-state index in [2.05, 4.69) is 41.5 Å². The van der Waals surface area contributed by atoms with Gasteiger partial charge in [0.2, 0.25) is 0 Å². The van der Waals surface area contributed by atoms with Crippen LogP contribution in [0.4, 0.5) is 0 Å². The molecule has 28 heteroatoms. The first kappa shape index (κ1) is 96.3. The zero-order chi connectivity index (χ0) is 77.9. The fourth-order valence-corrected chi connectivity index (χ4v) is 30.1. The maximum absolute atomic E-state index is 6.35. The van der Waals surface area contributed by atoms with Gasteiger partial charge in [-0.3, -0.25) is 0 Å². The van der Waals surface area contributed by atoms with Crippen LogP contribution in [0.25, 0.3) is 0 Å². The van der Waals surface area contributed by atoms with Crippen molar-refractivity contribution >= 4 is 43.5 Å². The van der Waals surface area contributed by atoms with Crippen LogP contribution in [0.2, 0.25) is 42.3 Å². The molecule has 109 heavy (non-hydrogen) atoms. The maximum Gasteiger partial charge on any atom is 0.500 e. The Morgan fingerprint density at radius 3 is 0.761 bits per heavy atom. The van der Waals surface area contributed by atoms with Gasteiger partial charge in [-0.2, -0.15) is 0 Å². The third-order valence-corrected chi connectivity index (χ3v) is 39.4. The number of fused-ring (bicyclic) bond motifs is 4. The molecule has 0 N–H and O–H groups in total. The third-order valence-electron chi connectivity index (χ3n) is 23.3.